The van der Waals surface area contributed by atoms with E-state index in [0.29, 0.717) is 46.4 Å². The van der Waals surface area contributed by atoms with Gasteiger partial charge in [-0.05, 0) is 36.2 Å². The number of allylic oxidation sites excluding steroid dienone is 1. The van der Waals surface area contributed by atoms with E-state index in [0.717, 1.165) is 5.56 Å². The Balaban J connectivity index is 1.97. The molecule has 3 heterocycles. The van der Waals surface area contributed by atoms with Gasteiger partial charge in [0.1, 0.15) is 17.4 Å². The first-order chi connectivity index (χ1) is 16.4. The Labute approximate surface area is 196 Å². The molecule has 0 saturated carbocycles. The molecule has 0 fully saturated rings. The van der Waals surface area contributed by atoms with E-state index in [1.54, 1.807) is 35.2 Å². The van der Waals surface area contributed by atoms with E-state index in [1.807, 2.05) is 19.1 Å². The minimum absolute atomic E-state index is 0.0578. The topological polar surface area (TPSA) is 122 Å². The normalized spacial score (nSPS) is 14.6. The molecule has 0 spiro atoms. The highest BCUT2D eigenvalue weighted by atomic mass is 16.5. The van der Waals surface area contributed by atoms with Crippen LogP contribution in [0.15, 0.2) is 59.0 Å². The lowest BCUT2D eigenvalue weighted by Gasteiger charge is -2.28. The van der Waals surface area contributed by atoms with Crippen LogP contribution in [0.2, 0.25) is 0 Å². The Hall–Kier alpha value is -4.45. The van der Waals surface area contributed by atoms with Crippen LogP contribution in [-0.4, -0.2) is 30.9 Å². The quantitative estimate of drug-likeness (QED) is 0.596. The molecule has 3 aromatic rings. The average Bonchev–Trinajstić information content (AvgIpc) is 2.85. The Morgan fingerprint density at radius 1 is 1.18 bits per heavy atom. The first-order valence-corrected chi connectivity index (χ1v) is 10.4. The van der Waals surface area contributed by atoms with Gasteiger partial charge in [-0.2, -0.15) is 5.26 Å². The summed E-state index contributed by atoms with van der Waals surface area (Å²) in [6.45, 7) is 2.13. The van der Waals surface area contributed by atoms with Crippen LogP contribution in [0.4, 0.5) is 0 Å². The fourth-order valence-electron chi connectivity index (χ4n) is 4.16. The summed E-state index contributed by atoms with van der Waals surface area (Å²) < 4.78 is 23.8. The second-order valence-electron chi connectivity index (χ2n) is 7.70. The Bertz CT molecular complexity index is 1350. The molecule has 0 bridgehead atoms. The van der Waals surface area contributed by atoms with Crippen molar-refractivity contribution in [2.75, 3.05) is 21.3 Å². The number of benzene rings is 1. The molecule has 0 aliphatic carbocycles. The van der Waals surface area contributed by atoms with Gasteiger partial charge in [0, 0.05) is 24.2 Å². The van der Waals surface area contributed by atoms with Crippen LogP contribution in [0.1, 0.15) is 28.3 Å². The van der Waals surface area contributed by atoms with Crippen molar-refractivity contribution >= 4 is 0 Å². The lowest BCUT2D eigenvalue weighted by molar-refractivity contribution is 0.323. The predicted octanol–water partition coefficient (Wildman–Crippen LogP) is 2.84. The number of pyridine rings is 2. The molecule has 34 heavy (non-hydrogen) atoms. The molecule has 2 N–H and O–H groups in total. The SMILES string of the molecule is COc1cc(C2C(C#N)=C(N)Oc3cc(C)n(Cc4cccnc4)c(=O)c32)cc(OC)c1OC. The number of ether oxygens (including phenoxy) is 4. The van der Waals surface area contributed by atoms with E-state index in [-0.39, 0.29) is 17.0 Å². The van der Waals surface area contributed by atoms with Crippen molar-refractivity contribution in [1.82, 2.24) is 9.55 Å². The molecule has 2 aromatic heterocycles. The maximum Gasteiger partial charge on any atom is 0.259 e. The van der Waals surface area contributed by atoms with E-state index >= 15 is 0 Å². The predicted molar refractivity (Wildman–Crippen MR) is 124 cm³/mol. The summed E-state index contributed by atoms with van der Waals surface area (Å²) >= 11 is 0. The summed E-state index contributed by atoms with van der Waals surface area (Å²) in [5.41, 5.74) is 8.38. The fourth-order valence-corrected chi connectivity index (χ4v) is 4.16. The number of aromatic nitrogens is 2. The molecule has 1 unspecified atom stereocenters. The minimum atomic E-state index is -0.796. The molecule has 1 aromatic carbocycles. The fraction of sp³-hybridized carbons (Fsp3) is 0.240. The third kappa shape index (κ3) is 3.79. The summed E-state index contributed by atoms with van der Waals surface area (Å²) in [5, 5.41) is 9.95. The highest BCUT2D eigenvalue weighted by Gasteiger charge is 2.35. The van der Waals surface area contributed by atoms with Crippen molar-refractivity contribution in [3.63, 3.8) is 0 Å². The number of rotatable bonds is 6. The molecule has 174 valence electrons. The number of methoxy groups -OCH3 is 3. The molecule has 0 amide bonds. The van der Waals surface area contributed by atoms with Crippen molar-refractivity contribution in [2.45, 2.75) is 19.4 Å². The maximum atomic E-state index is 13.8. The van der Waals surface area contributed by atoms with Gasteiger partial charge in [0.25, 0.3) is 5.56 Å². The van der Waals surface area contributed by atoms with Crippen molar-refractivity contribution in [2.24, 2.45) is 5.73 Å². The van der Waals surface area contributed by atoms with Gasteiger partial charge in [-0.25, -0.2) is 0 Å². The minimum Gasteiger partial charge on any atom is -0.493 e. The van der Waals surface area contributed by atoms with Gasteiger partial charge in [-0.3, -0.25) is 9.78 Å². The molecule has 4 rings (SSSR count). The van der Waals surface area contributed by atoms with Crippen LogP contribution >= 0.6 is 0 Å². The Morgan fingerprint density at radius 2 is 1.88 bits per heavy atom. The summed E-state index contributed by atoms with van der Waals surface area (Å²) in [4.78, 5) is 18.0. The number of fused-ring (bicyclic) bond motifs is 1. The second-order valence-corrected chi connectivity index (χ2v) is 7.70. The van der Waals surface area contributed by atoms with Gasteiger partial charge in [-0.1, -0.05) is 6.07 Å². The summed E-state index contributed by atoms with van der Waals surface area (Å²) in [5.74, 6) is 0.634. The van der Waals surface area contributed by atoms with Gasteiger partial charge in [0.15, 0.2) is 11.5 Å². The number of nitriles is 1. The van der Waals surface area contributed by atoms with Gasteiger partial charge in [0.2, 0.25) is 11.6 Å². The van der Waals surface area contributed by atoms with Gasteiger partial charge in [-0.15, -0.1) is 0 Å². The van der Waals surface area contributed by atoms with E-state index in [2.05, 4.69) is 11.1 Å². The average molecular weight is 460 g/mol. The molecule has 9 heteroatoms. The lowest BCUT2D eigenvalue weighted by atomic mass is 9.83. The van der Waals surface area contributed by atoms with E-state index in [9.17, 15) is 10.1 Å². The number of hydrogen-bond acceptors (Lipinski definition) is 8. The first-order valence-electron chi connectivity index (χ1n) is 10.4. The van der Waals surface area contributed by atoms with Crippen LogP contribution in [0, 0.1) is 18.3 Å². The van der Waals surface area contributed by atoms with E-state index in [4.69, 9.17) is 24.7 Å². The monoisotopic (exact) mass is 460 g/mol. The zero-order valence-corrected chi connectivity index (χ0v) is 19.3. The zero-order chi connectivity index (χ0) is 24.4. The molecule has 9 nitrogen and oxygen atoms in total. The largest absolute Gasteiger partial charge is 0.493 e. The number of aryl methyl sites for hydroxylation is 1. The van der Waals surface area contributed by atoms with Crippen LogP contribution in [-0.2, 0) is 6.54 Å². The van der Waals surface area contributed by atoms with Crippen molar-refractivity contribution in [1.29, 1.82) is 5.26 Å². The highest BCUT2D eigenvalue weighted by Crippen LogP contribution is 2.46. The summed E-state index contributed by atoms with van der Waals surface area (Å²) in [6.07, 6.45) is 3.38. The lowest BCUT2D eigenvalue weighted by Crippen LogP contribution is -2.33. The summed E-state index contributed by atoms with van der Waals surface area (Å²) in [7, 11) is 4.50. The molecule has 1 atom stereocenters. The van der Waals surface area contributed by atoms with Crippen molar-refractivity contribution in [3.05, 3.63) is 86.9 Å². The molecular weight excluding hydrogens is 436 g/mol. The zero-order valence-electron chi connectivity index (χ0n) is 19.3. The van der Waals surface area contributed by atoms with E-state index in [1.165, 1.54) is 21.3 Å². The van der Waals surface area contributed by atoms with Crippen molar-refractivity contribution < 1.29 is 18.9 Å². The third-order valence-electron chi connectivity index (χ3n) is 5.77. The van der Waals surface area contributed by atoms with Crippen LogP contribution < -0.4 is 30.2 Å². The Kier molecular flexibility index (Phi) is 6.15. The Morgan fingerprint density at radius 3 is 2.44 bits per heavy atom. The van der Waals surface area contributed by atoms with Gasteiger partial charge in [0.05, 0.1) is 39.4 Å². The van der Waals surface area contributed by atoms with Gasteiger partial charge >= 0.3 is 0 Å². The van der Waals surface area contributed by atoms with Crippen molar-refractivity contribution in [3.8, 4) is 29.1 Å². The molecular formula is C25H24N4O5. The highest BCUT2D eigenvalue weighted by molar-refractivity contribution is 5.61. The summed E-state index contributed by atoms with van der Waals surface area (Å²) in [6, 6.07) is 11.0. The molecule has 0 radical (unpaired) electrons. The third-order valence-corrected chi connectivity index (χ3v) is 5.77. The van der Waals surface area contributed by atoms with Crippen LogP contribution in [0.25, 0.3) is 0 Å². The smallest absolute Gasteiger partial charge is 0.259 e. The molecule has 1 aliphatic heterocycles. The number of nitrogens with two attached hydrogens (primary N) is 1. The maximum absolute atomic E-state index is 13.8. The van der Waals surface area contributed by atoms with Crippen LogP contribution in [0.3, 0.4) is 0 Å². The molecule has 1 aliphatic rings. The van der Waals surface area contributed by atoms with Gasteiger partial charge < -0.3 is 29.2 Å². The standard InChI is InChI=1S/C25H24N4O5/c1-14-8-18-22(25(30)29(14)13-15-6-5-7-28-12-15)21(17(11-26)24(27)34-18)16-9-19(31-2)23(33-4)20(10-16)32-3/h5-10,12,21H,13,27H2,1-4H3. The molecule has 0 saturated heterocycles. The first kappa shape index (κ1) is 22.7. The second kappa shape index (κ2) is 9.19. The number of hydrogen-bond donors (Lipinski definition) is 1. The number of nitrogens with zero attached hydrogens (tertiary/aromatic N) is 3. The van der Waals surface area contributed by atoms with E-state index < -0.39 is 5.92 Å². The van der Waals surface area contributed by atoms with Crippen LogP contribution in [0.5, 0.6) is 23.0 Å².